The maximum Gasteiger partial charge on any atom is 0.105 e. The van der Waals surface area contributed by atoms with E-state index in [0.717, 1.165) is 21.2 Å². The summed E-state index contributed by atoms with van der Waals surface area (Å²) < 4.78 is 5.95. The topological polar surface area (TPSA) is 39.2 Å². The fraction of sp³-hybridized carbons (Fsp3) is 0.200. The van der Waals surface area contributed by atoms with Gasteiger partial charge in [-0.1, -0.05) is 11.6 Å². The average molecular weight is 228 g/mol. The first kappa shape index (κ1) is 9.77. The minimum absolute atomic E-state index is 0.188. The standard InChI is InChI=1S/C10H10ClNOS/c1-6-7(2-4-13-6)9(12)8-3-5-14-10(8)11/h2-5,9H,12H2,1H3. The van der Waals surface area contributed by atoms with Crippen molar-refractivity contribution < 1.29 is 4.42 Å². The van der Waals surface area contributed by atoms with Gasteiger partial charge in [0, 0.05) is 11.1 Å². The van der Waals surface area contributed by atoms with Crippen LogP contribution in [0.3, 0.4) is 0 Å². The Labute approximate surface area is 91.3 Å². The van der Waals surface area contributed by atoms with Crippen LogP contribution < -0.4 is 5.73 Å². The third kappa shape index (κ3) is 1.59. The molecule has 0 aromatic carbocycles. The van der Waals surface area contributed by atoms with E-state index >= 15 is 0 Å². The minimum atomic E-state index is -0.188. The molecule has 1 atom stereocenters. The third-order valence-corrected chi connectivity index (χ3v) is 3.42. The first-order valence-corrected chi connectivity index (χ1v) is 5.48. The number of hydrogen-bond donors (Lipinski definition) is 1. The van der Waals surface area contributed by atoms with Gasteiger partial charge >= 0.3 is 0 Å². The zero-order chi connectivity index (χ0) is 10.1. The lowest BCUT2D eigenvalue weighted by atomic mass is 10.0. The van der Waals surface area contributed by atoms with Crippen molar-refractivity contribution in [2.24, 2.45) is 5.73 Å². The Morgan fingerprint density at radius 2 is 2.21 bits per heavy atom. The van der Waals surface area contributed by atoms with Gasteiger partial charge in [0.05, 0.1) is 16.6 Å². The van der Waals surface area contributed by atoms with Crippen molar-refractivity contribution in [3.05, 3.63) is 45.0 Å². The molecule has 2 nitrogen and oxygen atoms in total. The van der Waals surface area contributed by atoms with Crippen LogP contribution in [0.2, 0.25) is 4.34 Å². The number of hydrogen-bond acceptors (Lipinski definition) is 3. The molecule has 0 aliphatic rings. The average Bonchev–Trinajstić information content (AvgIpc) is 2.73. The van der Waals surface area contributed by atoms with Crippen LogP contribution in [0.1, 0.15) is 22.9 Å². The van der Waals surface area contributed by atoms with Crippen molar-refractivity contribution in [1.29, 1.82) is 0 Å². The molecule has 0 radical (unpaired) electrons. The first-order chi connectivity index (χ1) is 6.70. The predicted octanol–water partition coefficient (Wildman–Crippen LogP) is 3.35. The van der Waals surface area contributed by atoms with Crippen LogP contribution in [0.15, 0.2) is 28.2 Å². The molecule has 0 aliphatic carbocycles. The van der Waals surface area contributed by atoms with E-state index in [1.165, 1.54) is 11.3 Å². The van der Waals surface area contributed by atoms with Crippen molar-refractivity contribution in [2.45, 2.75) is 13.0 Å². The van der Waals surface area contributed by atoms with Gasteiger partial charge in [-0.15, -0.1) is 11.3 Å². The highest BCUT2D eigenvalue weighted by molar-refractivity contribution is 7.14. The molecule has 2 aromatic rings. The lowest BCUT2D eigenvalue weighted by molar-refractivity contribution is 0.527. The van der Waals surface area contributed by atoms with E-state index in [0.29, 0.717) is 0 Å². The minimum Gasteiger partial charge on any atom is -0.469 e. The van der Waals surface area contributed by atoms with E-state index in [-0.39, 0.29) is 6.04 Å². The number of aryl methyl sites for hydroxylation is 1. The number of halogens is 1. The van der Waals surface area contributed by atoms with Crippen molar-refractivity contribution in [1.82, 2.24) is 0 Å². The summed E-state index contributed by atoms with van der Waals surface area (Å²) in [4.78, 5) is 0. The van der Waals surface area contributed by atoms with Gasteiger partial charge in [-0.3, -0.25) is 0 Å². The van der Waals surface area contributed by atoms with Crippen molar-refractivity contribution in [3.8, 4) is 0 Å². The molecule has 14 heavy (non-hydrogen) atoms. The first-order valence-electron chi connectivity index (χ1n) is 4.22. The molecular formula is C10H10ClNOS. The second kappa shape index (κ2) is 3.77. The fourth-order valence-corrected chi connectivity index (χ4v) is 2.41. The lowest BCUT2D eigenvalue weighted by Crippen LogP contribution is -2.11. The molecular weight excluding hydrogens is 218 g/mol. The summed E-state index contributed by atoms with van der Waals surface area (Å²) in [5.74, 6) is 0.847. The second-order valence-electron chi connectivity index (χ2n) is 3.06. The Balaban J connectivity index is 2.38. The van der Waals surface area contributed by atoms with E-state index < -0.39 is 0 Å². The van der Waals surface area contributed by atoms with E-state index in [1.807, 2.05) is 24.4 Å². The van der Waals surface area contributed by atoms with Crippen LogP contribution in [0.5, 0.6) is 0 Å². The molecule has 1 unspecified atom stereocenters. The maximum atomic E-state index is 6.07. The van der Waals surface area contributed by atoms with Gasteiger partial charge in [0.25, 0.3) is 0 Å². The molecule has 4 heteroatoms. The van der Waals surface area contributed by atoms with Crippen LogP contribution >= 0.6 is 22.9 Å². The summed E-state index contributed by atoms with van der Waals surface area (Å²) in [7, 11) is 0. The number of furan rings is 1. The highest BCUT2D eigenvalue weighted by Gasteiger charge is 2.16. The molecule has 74 valence electrons. The van der Waals surface area contributed by atoms with E-state index in [9.17, 15) is 0 Å². The predicted molar refractivity (Wildman–Crippen MR) is 58.8 cm³/mol. The smallest absolute Gasteiger partial charge is 0.105 e. The number of rotatable bonds is 2. The van der Waals surface area contributed by atoms with E-state index in [1.54, 1.807) is 6.26 Å². The molecule has 0 amide bonds. The Kier molecular flexibility index (Phi) is 2.63. The molecule has 2 N–H and O–H groups in total. The normalized spacial score (nSPS) is 13.1. The molecule has 0 aliphatic heterocycles. The van der Waals surface area contributed by atoms with Crippen molar-refractivity contribution >= 4 is 22.9 Å². The zero-order valence-corrected chi connectivity index (χ0v) is 9.23. The van der Waals surface area contributed by atoms with Gasteiger partial charge in [-0.05, 0) is 24.4 Å². The SMILES string of the molecule is Cc1occc1C(N)c1ccsc1Cl. The molecule has 0 saturated carbocycles. The summed E-state index contributed by atoms with van der Waals surface area (Å²) >= 11 is 7.50. The summed E-state index contributed by atoms with van der Waals surface area (Å²) in [6, 6.07) is 3.64. The molecule has 2 rings (SSSR count). The van der Waals surface area contributed by atoms with Gasteiger partial charge in [0.15, 0.2) is 0 Å². The lowest BCUT2D eigenvalue weighted by Gasteiger charge is -2.09. The van der Waals surface area contributed by atoms with Gasteiger partial charge in [-0.25, -0.2) is 0 Å². The Morgan fingerprint density at radius 1 is 1.43 bits per heavy atom. The largest absolute Gasteiger partial charge is 0.469 e. The van der Waals surface area contributed by atoms with Crippen molar-refractivity contribution in [2.75, 3.05) is 0 Å². The Hall–Kier alpha value is -0.770. The maximum absolute atomic E-state index is 6.07. The summed E-state index contributed by atoms with van der Waals surface area (Å²) in [6.07, 6.45) is 1.64. The van der Waals surface area contributed by atoms with Gasteiger partial charge < -0.3 is 10.2 Å². The van der Waals surface area contributed by atoms with Gasteiger partial charge in [0.2, 0.25) is 0 Å². The van der Waals surface area contributed by atoms with E-state index in [2.05, 4.69) is 0 Å². The van der Waals surface area contributed by atoms with Crippen LogP contribution in [-0.4, -0.2) is 0 Å². The Bertz CT molecular complexity index is 395. The number of thiophene rings is 1. The fourth-order valence-electron chi connectivity index (χ4n) is 1.41. The van der Waals surface area contributed by atoms with Gasteiger partial charge in [-0.2, -0.15) is 0 Å². The molecule has 0 spiro atoms. The van der Waals surface area contributed by atoms with Crippen LogP contribution in [0.25, 0.3) is 0 Å². The summed E-state index contributed by atoms with van der Waals surface area (Å²) in [6.45, 7) is 1.90. The zero-order valence-electron chi connectivity index (χ0n) is 7.66. The highest BCUT2D eigenvalue weighted by atomic mass is 35.5. The quantitative estimate of drug-likeness (QED) is 0.855. The molecule has 0 saturated heterocycles. The number of nitrogens with two attached hydrogens (primary N) is 1. The van der Waals surface area contributed by atoms with Crippen LogP contribution in [0.4, 0.5) is 0 Å². The Morgan fingerprint density at radius 3 is 2.71 bits per heavy atom. The monoisotopic (exact) mass is 227 g/mol. The van der Waals surface area contributed by atoms with Crippen LogP contribution in [-0.2, 0) is 0 Å². The second-order valence-corrected chi connectivity index (χ2v) is 4.58. The summed E-state index contributed by atoms with van der Waals surface area (Å²) in [5, 5.41) is 1.94. The molecule has 0 fully saturated rings. The molecule has 2 heterocycles. The molecule has 0 bridgehead atoms. The van der Waals surface area contributed by atoms with Crippen LogP contribution in [0, 0.1) is 6.92 Å². The van der Waals surface area contributed by atoms with Gasteiger partial charge in [0.1, 0.15) is 5.76 Å². The molecule has 2 aromatic heterocycles. The third-order valence-electron chi connectivity index (χ3n) is 2.22. The summed E-state index contributed by atoms with van der Waals surface area (Å²) in [5.41, 5.74) is 8.02. The van der Waals surface area contributed by atoms with E-state index in [4.69, 9.17) is 21.8 Å². The highest BCUT2D eigenvalue weighted by Crippen LogP contribution is 2.32. The van der Waals surface area contributed by atoms with Crippen molar-refractivity contribution in [3.63, 3.8) is 0 Å².